The van der Waals surface area contributed by atoms with E-state index in [9.17, 15) is 4.79 Å². The molecule has 2 rings (SSSR count). The van der Waals surface area contributed by atoms with Gasteiger partial charge in [0.1, 0.15) is 0 Å². The fourth-order valence-electron chi connectivity index (χ4n) is 2.05. The molecule has 2 N–H and O–H groups in total. The highest BCUT2D eigenvalue weighted by Gasteiger charge is 2.08. The van der Waals surface area contributed by atoms with Crippen molar-refractivity contribution in [3.8, 4) is 0 Å². The average molecular weight is 324 g/mol. The lowest BCUT2D eigenvalue weighted by Gasteiger charge is -2.09. The number of benzene rings is 2. The summed E-state index contributed by atoms with van der Waals surface area (Å²) in [5.41, 5.74) is 2.11. The van der Waals surface area contributed by atoms with Gasteiger partial charge >= 0.3 is 5.97 Å². The van der Waals surface area contributed by atoms with Crippen LogP contribution in [0.4, 0.5) is 0 Å². The van der Waals surface area contributed by atoms with E-state index in [2.05, 4.69) is 5.32 Å². The first-order valence-corrected chi connectivity index (χ1v) is 7.29. The molecule has 21 heavy (non-hydrogen) atoms. The summed E-state index contributed by atoms with van der Waals surface area (Å²) in [7, 11) is 0. The average Bonchev–Trinajstić information content (AvgIpc) is 2.45. The molecular formula is C16H15Cl2NO2. The second-order valence-corrected chi connectivity index (χ2v) is 5.47. The van der Waals surface area contributed by atoms with Gasteiger partial charge in [-0.2, -0.15) is 0 Å². The first kappa shape index (κ1) is 15.8. The van der Waals surface area contributed by atoms with E-state index in [1.165, 1.54) is 0 Å². The van der Waals surface area contributed by atoms with Crippen LogP contribution < -0.4 is 5.32 Å². The van der Waals surface area contributed by atoms with Crippen molar-refractivity contribution < 1.29 is 9.90 Å². The van der Waals surface area contributed by atoms with Gasteiger partial charge in [-0.25, -0.2) is 4.79 Å². The van der Waals surface area contributed by atoms with Crippen molar-refractivity contribution in [3.63, 3.8) is 0 Å². The Balaban J connectivity index is 1.89. The van der Waals surface area contributed by atoms with Gasteiger partial charge in [0.15, 0.2) is 0 Å². The van der Waals surface area contributed by atoms with Crippen LogP contribution >= 0.6 is 23.2 Å². The Kier molecular flexibility index (Phi) is 5.62. The fourth-order valence-corrected chi connectivity index (χ4v) is 2.56. The van der Waals surface area contributed by atoms with E-state index in [4.69, 9.17) is 28.3 Å². The minimum atomic E-state index is -0.909. The van der Waals surface area contributed by atoms with Gasteiger partial charge in [0.05, 0.1) is 5.56 Å². The highest BCUT2D eigenvalue weighted by atomic mass is 35.5. The van der Waals surface area contributed by atoms with Gasteiger partial charge in [0, 0.05) is 16.6 Å². The van der Waals surface area contributed by atoms with Crippen molar-refractivity contribution in [2.75, 3.05) is 6.54 Å². The van der Waals surface area contributed by atoms with Crippen molar-refractivity contribution >= 4 is 29.2 Å². The summed E-state index contributed by atoms with van der Waals surface area (Å²) in [6.45, 7) is 1.21. The fraction of sp³-hybridized carbons (Fsp3) is 0.188. The van der Waals surface area contributed by atoms with Gasteiger partial charge in [0.2, 0.25) is 0 Å². The largest absolute Gasteiger partial charge is 0.478 e. The summed E-state index contributed by atoms with van der Waals surface area (Å²) in [5.74, 6) is -0.909. The molecule has 0 aliphatic rings. The highest BCUT2D eigenvalue weighted by Crippen LogP contribution is 2.21. The summed E-state index contributed by atoms with van der Waals surface area (Å²) in [4.78, 5) is 11.1. The van der Waals surface area contributed by atoms with E-state index >= 15 is 0 Å². The second-order valence-electron chi connectivity index (χ2n) is 4.62. The lowest BCUT2D eigenvalue weighted by atomic mass is 10.1. The Morgan fingerprint density at radius 2 is 1.86 bits per heavy atom. The van der Waals surface area contributed by atoms with Crippen LogP contribution in [0.15, 0.2) is 42.5 Å². The zero-order valence-corrected chi connectivity index (χ0v) is 12.8. The number of halogens is 2. The van der Waals surface area contributed by atoms with Crippen molar-refractivity contribution in [3.05, 3.63) is 69.2 Å². The smallest absolute Gasteiger partial charge is 0.336 e. The molecule has 0 aromatic heterocycles. The van der Waals surface area contributed by atoms with Gasteiger partial charge in [-0.3, -0.25) is 0 Å². The molecule has 110 valence electrons. The Labute approximate surface area is 133 Å². The van der Waals surface area contributed by atoms with Crippen molar-refractivity contribution in [2.24, 2.45) is 0 Å². The maximum atomic E-state index is 11.1. The van der Waals surface area contributed by atoms with Gasteiger partial charge in [-0.05, 0) is 42.3 Å². The third-order valence-corrected chi connectivity index (χ3v) is 3.74. The van der Waals surface area contributed by atoms with E-state index in [1.807, 2.05) is 24.3 Å². The van der Waals surface area contributed by atoms with Gasteiger partial charge in [-0.15, -0.1) is 0 Å². The minimum Gasteiger partial charge on any atom is -0.478 e. The number of hydrogen-bond donors (Lipinski definition) is 2. The monoisotopic (exact) mass is 323 g/mol. The quantitative estimate of drug-likeness (QED) is 0.789. The molecule has 0 atom stereocenters. The summed E-state index contributed by atoms with van der Waals surface area (Å²) < 4.78 is 0. The lowest BCUT2D eigenvalue weighted by molar-refractivity contribution is 0.0695. The van der Waals surface area contributed by atoms with Crippen molar-refractivity contribution in [1.29, 1.82) is 0 Å². The molecule has 0 saturated heterocycles. The van der Waals surface area contributed by atoms with Crippen LogP contribution in [-0.4, -0.2) is 17.6 Å². The van der Waals surface area contributed by atoms with E-state index in [0.717, 1.165) is 17.5 Å². The lowest BCUT2D eigenvalue weighted by Crippen LogP contribution is -2.18. The van der Waals surface area contributed by atoms with Crippen LogP contribution in [0.1, 0.15) is 21.5 Å². The first-order chi connectivity index (χ1) is 10.1. The standard InChI is InChI=1S/C16H15Cl2NO2/c17-13-6-5-11(15(18)9-13)7-8-19-10-12-3-1-2-4-14(12)16(20)21/h1-6,9,19H,7-8,10H2,(H,20,21). The molecule has 3 nitrogen and oxygen atoms in total. The molecule has 0 heterocycles. The molecule has 5 heteroatoms. The van der Waals surface area contributed by atoms with Crippen LogP contribution in [0, 0.1) is 0 Å². The SMILES string of the molecule is O=C(O)c1ccccc1CNCCc1ccc(Cl)cc1Cl. The maximum absolute atomic E-state index is 11.1. The number of carbonyl (C=O) groups is 1. The normalized spacial score (nSPS) is 10.6. The molecule has 0 bridgehead atoms. The Hall–Kier alpha value is -1.55. The van der Waals surface area contributed by atoms with Gasteiger partial charge in [0.25, 0.3) is 0 Å². The van der Waals surface area contributed by atoms with E-state index in [-0.39, 0.29) is 0 Å². The van der Waals surface area contributed by atoms with Gasteiger partial charge < -0.3 is 10.4 Å². The van der Waals surface area contributed by atoms with Crippen LogP contribution in [0.2, 0.25) is 10.0 Å². The third kappa shape index (κ3) is 4.46. The summed E-state index contributed by atoms with van der Waals surface area (Å²) in [6, 6.07) is 12.4. The Bertz CT molecular complexity index is 644. The molecule has 0 saturated carbocycles. The van der Waals surface area contributed by atoms with E-state index < -0.39 is 5.97 Å². The van der Waals surface area contributed by atoms with E-state index in [1.54, 1.807) is 18.2 Å². The summed E-state index contributed by atoms with van der Waals surface area (Å²) >= 11 is 12.0. The zero-order chi connectivity index (χ0) is 15.2. The van der Waals surface area contributed by atoms with Crippen molar-refractivity contribution in [1.82, 2.24) is 5.32 Å². The predicted molar refractivity (Wildman–Crippen MR) is 85.3 cm³/mol. The number of carboxylic acids is 1. The number of hydrogen-bond acceptors (Lipinski definition) is 2. The molecule has 0 aliphatic heterocycles. The Morgan fingerprint density at radius 3 is 2.57 bits per heavy atom. The Morgan fingerprint density at radius 1 is 1.10 bits per heavy atom. The topological polar surface area (TPSA) is 49.3 Å². The third-order valence-electron chi connectivity index (χ3n) is 3.15. The summed E-state index contributed by atoms with van der Waals surface area (Å²) in [6.07, 6.45) is 0.755. The minimum absolute atomic E-state index is 0.328. The zero-order valence-electron chi connectivity index (χ0n) is 11.3. The maximum Gasteiger partial charge on any atom is 0.336 e. The molecular weight excluding hydrogens is 309 g/mol. The number of rotatable bonds is 6. The molecule has 0 aliphatic carbocycles. The van der Waals surface area contributed by atoms with Crippen molar-refractivity contribution in [2.45, 2.75) is 13.0 Å². The summed E-state index contributed by atoms with van der Waals surface area (Å²) in [5, 5.41) is 13.6. The van der Waals surface area contributed by atoms with Gasteiger partial charge in [-0.1, -0.05) is 47.5 Å². The molecule has 2 aromatic rings. The van der Waals surface area contributed by atoms with Crippen LogP contribution in [0.5, 0.6) is 0 Å². The molecule has 0 unspecified atom stereocenters. The van der Waals surface area contributed by atoms with Crippen LogP contribution in [0.25, 0.3) is 0 Å². The molecule has 0 amide bonds. The molecule has 0 fully saturated rings. The number of aromatic carboxylic acids is 1. The second kappa shape index (κ2) is 7.46. The molecule has 2 aromatic carbocycles. The number of carboxylic acid groups (broad SMARTS) is 1. The highest BCUT2D eigenvalue weighted by molar-refractivity contribution is 6.35. The molecule has 0 spiro atoms. The van der Waals surface area contributed by atoms with E-state index in [0.29, 0.717) is 28.7 Å². The predicted octanol–water partition coefficient (Wildman–Crippen LogP) is 4.02. The number of nitrogens with one attached hydrogen (secondary N) is 1. The van der Waals surface area contributed by atoms with Crippen LogP contribution in [-0.2, 0) is 13.0 Å². The molecule has 0 radical (unpaired) electrons. The first-order valence-electron chi connectivity index (χ1n) is 6.54. The van der Waals surface area contributed by atoms with Crippen LogP contribution in [0.3, 0.4) is 0 Å².